The minimum absolute atomic E-state index is 0.113. The maximum atomic E-state index is 12.4. The molecule has 6 nitrogen and oxygen atoms in total. The minimum Gasteiger partial charge on any atom is -0.351 e. The van der Waals surface area contributed by atoms with Gasteiger partial charge in [-0.25, -0.2) is 4.98 Å². The third kappa shape index (κ3) is 5.66. The van der Waals surface area contributed by atoms with Gasteiger partial charge in [0.15, 0.2) is 6.29 Å². The number of anilines is 1. The van der Waals surface area contributed by atoms with E-state index in [9.17, 15) is 4.79 Å². The molecule has 0 aliphatic heterocycles. The number of carbonyl (C=O) groups is 1. The van der Waals surface area contributed by atoms with Crippen molar-refractivity contribution < 1.29 is 14.3 Å². The molecule has 1 N–H and O–H groups in total. The van der Waals surface area contributed by atoms with Crippen molar-refractivity contribution in [3.63, 3.8) is 0 Å². The Hall–Kier alpha value is -1.70. The van der Waals surface area contributed by atoms with Crippen LogP contribution in [0.2, 0.25) is 0 Å². The van der Waals surface area contributed by atoms with Crippen LogP contribution in [-0.4, -0.2) is 35.0 Å². The largest absolute Gasteiger partial charge is 0.351 e. The van der Waals surface area contributed by atoms with Crippen molar-refractivity contribution in [1.29, 1.82) is 0 Å². The van der Waals surface area contributed by atoms with Crippen molar-refractivity contribution in [3.05, 3.63) is 46.5 Å². The predicted molar refractivity (Wildman–Crippen MR) is 100 cm³/mol. The van der Waals surface area contributed by atoms with Gasteiger partial charge >= 0.3 is 0 Å². The Bertz CT molecular complexity index is 697. The topological polar surface area (TPSA) is 65.4 Å². The van der Waals surface area contributed by atoms with Gasteiger partial charge in [-0.1, -0.05) is 22.0 Å². The van der Waals surface area contributed by atoms with Gasteiger partial charge in [0, 0.05) is 35.8 Å². The normalized spacial score (nSPS) is 11.1. The number of imidazole rings is 1. The third-order valence-electron chi connectivity index (χ3n) is 3.71. The molecule has 0 bridgehead atoms. The van der Waals surface area contributed by atoms with E-state index in [2.05, 4.69) is 26.2 Å². The van der Waals surface area contributed by atoms with Crippen LogP contribution in [-0.2, 0) is 27.2 Å². The summed E-state index contributed by atoms with van der Waals surface area (Å²) in [7, 11) is 0. The summed E-state index contributed by atoms with van der Waals surface area (Å²) in [6.45, 7) is 7.44. The van der Waals surface area contributed by atoms with E-state index < -0.39 is 0 Å². The molecular formula is C18H24BrN3O3. The molecule has 2 rings (SSSR count). The molecule has 25 heavy (non-hydrogen) atoms. The van der Waals surface area contributed by atoms with Gasteiger partial charge in [0.1, 0.15) is 5.82 Å². The lowest BCUT2D eigenvalue weighted by atomic mass is 10.2. The van der Waals surface area contributed by atoms with Gasteiger partial charge in [-0.2, -0.15) is 0 Å². The first kappa shape index (κ1) is 19.6. The van der Waals surface area contributed by atoms with Gasteiger partial charge in [-0.15, -0.1) is 0 Å². The maximum absolute atomic E-state index is 12.4. The van der Waals surface area contributed by atoms with E-state index in [1.165, 1.54) is 0 Å². The van der Waals surface area contributed by atoms with Crippen molar-refractivity contribution in [1.82, 2.24) is 9.55 Å². The van der Waals surface area contributed by atoms with Crippen LogP contribution in [0.15, 0.2) is 35.1 Å². The van der Waals surface area contributed by atoms with Gasteiger partial charge < -0.3 is 19.4 Å². The number of rotatable bonds is 9. The Morgan fingerprint density at radius 2 is 2.04 bits per heavy atom. The van der Waals surface area contributed by atoms with E-state index in [-0.39, 0.29) is 18.6 Å². The molecule has 0 radical (unpaired) electrons. The molecule has 0 aliphatic carbocycles. The van der Waals surface area contributed by atoms with Crippen molar-refractivity contribution in [2.24, 2.45) is 0 Å². The molecule has 0 atom stereocenters. The SMILES string of the molecule is CCOC(Cn1ccnc1CC(=O)Nc1cccc(Br)c1C)OCC. The molecule has 0 fully saturated rings. The molecule has 1 amide bonds. The Morgan fingerprint density at radius 3 is 2.72 bits per heavy atom. The Kier molecular flexibility index (Phi) is 7.61. The Morgan fingerprint density at radius 1 is 1.32 bits per heavy atom. The highest BCUT2D eigenvalue weighted by Gasteiger charge is 2.15. The molecule has 0 saturated heterocycles. The fraction of sp³-hybridized carbons (Fsp3) is 0.444. The number of ether oxygens (including phenoxy) is 2. The lowest BCUT2D eigenvalue weighted by molar-refractivity contribution is -0.144. The lowest BCUT2D eigenvalue weighted by Gasteiger charge is -2.18. The van der Waals surface area contributed by atoms with Gasteiger partial charge in [-0.3, -0.25) is 4.79 Å². The number of amides is 1. The second-order valence-electron chi connectivity index (χ2n) is 5.47. The van der Waals surface area contributed by atoms with E-state index in [1.807, 2.05) is 49.7 Å². The molecule has 0 unspecified atom stereocenters. The fourth-order valence-electron chi connectivity index (χ4n) is 2.44. The van der Waals surface area contributed by atoms with Gasteiger partial charge in [0.25, 0.3) is 0 Å². The van der Waals surface area contributed by atoms with Gasteiger partial charge in [-0.05, 0) is 38.5 Å². The van der Waals surface area contributed by atoms with Crippen molar-refractivity contribution in [3.8, 4) is 0 Å². The molecule has 1 aromatic carbocycles. The summed E-state index contributed by atoms with van der Waals surface area (Å²) in [5.74, 6) is 0.563. The quantitative estimate of drug-likeness (QED) is 0.643. The first-order chi connectivity index (χ1) is 12.0. The standard InChI is InChI=1S/C18H24BrN3O3/c1-4-24-18(25-5-2)12-22-10-9-20-16(22)11-17(23)21-15-8-6-7-14(19)13(15)3/h6-10,18H,4-5,11-12H2,1-3H3,(H,21,23). The smallest absolute Gasteiger partial charge is 0.231 e. The predicted octanol–water partition coefficient (Wildman–Crippen LogP) is 3.53. The number of nitrogens with one attached hydrogen (secondary N) is 1. The molecule has 1 heterocycles. The number of hydrogen-bond donors (Lipinski definition) is 1. The van der Waals surface area contributed by atoms with Crippen LogP contribution in [0.4, 0.5) is 5.69 Å². The highest BCUT2D eigenvalue weighted by molar-refractivity contribution is 9.10. The second kappa shape index (κ2) is 9.70. The summed E-state index contributed by atoms with van der Waals surface area (Å²) in [4.78, 5) is 16.7. The minimum atomic E-state index is -0.349. The molecule has 0 aliphatic rings. The number of carbonyl (C=O) groups excluding carboxylic acids is 1. The third-order valence-corrected chi connectivity index (χ3v) is 4.57. The van der Waals surface area contributed by atoms with E-state index in [1.54, 1.807) is 6.20 Å². The van der Waals surface area contributed by atoms with Crippen molar-refractivity contribution in [2.45, 2.75) is 40.0 Å². The van der Waals surface area contributed by atoms with Crippen LogP contribution < -0.4 is 5.32 Å². The summed E-state index contributed by atoms with van der Waals surface area (Å²) < 4.78 is 14.0. The fourth-order valence-corrected chi connectivity index (χ4v) is 2.81. The summed E-state index contributed by atoms with van der Waals surface area (Å²) in [6, 6.07) is 5.71. The molecule has 7 heteroatoms. The molecule has 0 spiro atoms. The zero-order chi connectivity index (χ0) is 18.2. The number of nitrogens with zero attached hydrogens (tertiary/aromatic N) is 2. The molecule has 0 saturated carbocycles. The first-order valence-corrected chi connectivity index (χ1v) is 9.12. The number of aromatic nitrogens is 2. The summed E-state index contributed by atoms with van der Waals surface area (Å²) in [5, 5.41) is 2.94. The zero-order valence-corrected chi connectivity index (χ0v) is 16.4. The van der Waals surface area contributed by atoms with Crippen LogP contribution in [0, 0.1) is 6.92 Å². The van der Waals surface area contributed by atoms with Crippen LogP contribution in [0.3, 0.4) is 0 Å². The maximum Gasteiger partial charge on any atom is 0.231 e. The first-order valence-electron chi connectivity index (χ1n) is 8.33. The number of halogens is 1. The van der Waals surface area contributed by atoms with Crippen LogP contribution >= 0.6 is 15.9 Å². The Balaban J connectivity index is 2.02. The zero-order valence-electron chi connectivity index (χ0n) is 14.8. The highest BCUT2D eigenvalue weighted by atomic mass is 79.9. The molecule has 1 aromatic heterocycles. The van der Waals surface area contributed by atoms with E-state index in [4.69, 9.17) is 9.47 Å². The molecule has 136 valence electrons. The van der Waals surface area contributed by atoms with Crippen LogP contribution in [0.1, 0.15) is 25.2 Å². The van der Waals surface area contributed by atoms with E-state index in [0.717, 1.165) is 15.7 Å². The van der Waals surface area contributed by atoms with Crippen LogP contribution in [0.25, 0.3) is 0 Å². The highest BCUT2D eigenvalue weighted by Crippen LogP contribution is 2.23. The average molecular weight is 410 g/mol. The second-order valence-corrected chi connectivity index (χ2v) is 6.33. The molecular weight excluding hydrogens is 386 g/mol. The van der Waals surface area contributed by atoms with E-state index in [0.29, 0.717) is 25.6 Å². The Labute approximate surface area is 156 Å². The van der Waals surface area contributed by atoms with E-state index >= 15 is 0 Å². The average Bonchev–Trinajstić information content (AvgIpc) is 2.99. The number of hydrogen-bond acceptors (Lipinski definition) is 4. The number of benzene rings is 1. The molecule has 2 aromatic rings. The van der Waals surface area contributed by atoms with Crippen LogP contribution in [0.5, 0.6) is 0 Å². The lowest BCUT2D eigenvalue weighted by Crippen LogP contribution is -2.25. The summed E-state index contributed by atoms with van der Waals surface area (Å²) >= 11 is 3.47. The van der Waals surface area contributed by atoms with Gasteiger partial charge in [0.2, 0.25) is 5.91 Å². The van der Waals surface area contributed by atoms with Crippen molar-refractivity contribution >= 4 is 27.5 Å². The van der Waals surface area contributed by atoms with Gasteiger partial charge in [0.05, 0.1) is 13.0 Å². The van der Waals surface area contributed by atoms with Crippen molar-refractivity contribution in [2.75, 3.05) is 18.5 Å². The summed E-state index contributed by atoms with van der Waals surface area (Å²) in [5.41, 5.74) is 1.78. The monoisotopic (exact) mass is 409 g/mol. The summed E-state index contributed by atoms with van der Waals surface area (Å²) in [6.07, 6.45) is 3.35.